The number of unbranched alkanes of at least 4 members (excludes halogenated alkanes) is 1. The molecule has 3 heteroatoms. The summed E-state index contributed by atoms with van der Waals surface area (Å²) in [5.74, 6) is 11.9. The quantitative estimate of drug-likeness (QED) is 0.215. The zero-order valence-corrected chi connectivity index (χ0v) is 18.4. The van der Waals surface area contributed by atoms with Crippen molar-refractivity contribution in [2.75, 3.05) is 0 Å². The molecule has 30 heavy (non-hydrogen) atoms. The molecule has 1 nitrogen and oxygen atoms in total. The van der Waals surface area contributed by atoms with E-state index < -0.39 is 5.82 Å². The maximum Gasteiger partial charge on any atom is 0.150 e. The van der Waals surface area contributed by atoms with Gasteiger partial charge in [-0.15, -0.1) is 0 Å². The van der Waals surface area contributed by atoms with Crippen LogP contribution < -0.4 is 0 Å². The van der Waals surface area contributed by atoms with Gasteiger partial charge in [-0.1, -0.05) is 54.8 Å². The fraction of sp³-hybridized carbons (Fsp3) is 0.222. The number of benzene rings is 2. The van der Waals surface area contributed by atoms with Crippen LogP contribution in [0.4, 0.5) is 10.1 Å². The van der Waals surface area contributed by atoms with Gasteiger partial charge in [0.05, 0.1) is 5.16 Å². The first-order valence-corrected chi connectivity index (χ1v) is 10.3. The molecule has 0 bridgehead atoms. The minimum Gasteiger partial charge on any atom is -0.205 e. The average molecular weight is 414 g/mol. The van der Waals surface area contributed by atoms with Crippen LogP contribution in [0.1, 0.15) is 56.7 Å². The summed E-state index contributed by atoms with van der Waals surface area (Å²) in [5, 5.41) is 2.16. The second kappa shape index (κ2) is 12.4. The Labute approximate surface area is 184 Å². The lowest BCUT2D eigenvalue weighted by atomic mass is 10.1. The maximum absolute atomic E-state index is 13.8. The summed E-state index contributed by atoms with van der Waals surface area (Å²) in [5.41, 5.74) is 4.90. The number of aliphatic imine (C=N–C) groups is 1. The maximum atomic E-state index is 13.8. The van der Waals surface area contributed by atoms with Crippen LogP contribution in [0.5, 0.6) is 0 Å². The van der Waals surface area contributed by atoms with Gasteiger partial charge < -0.3 is 0 Å². The summed E-state index contributed by atoms with van der Waals surface area (Å²) in [7, 11) is 0. The van der Waals surface area contributed by atoms with Crippen molar-refractivity contribution in [1.82, 2.24) is 0 Å². The minimum atomic E-state index is -0.469. The Morgan fingerprint density at radius 1 is 0.967 bits per heavy atom. The molecule has 150 valence electrons. The SMILES string of the molecule is CCCC/C(C)=C/C=C(\C)C#Cc1ccc(C#Cc2ccc(N=C=S)c(F)c2)cc1. The molecule has 0 unspecified atom stereocenters. The van der Waals surface area contributed by atoms with E-state index in [-0.39, 0.29) is 5.69 Å². The number of nitrogens with zero attached hydrogens (tertiary/aromatic N) is 1. The van der Waals surface area contributed by atoms with Crippen molar-refractivity contribution >= 4 is 23.1 Å². The molecule has 0 N–H and O–H groups in total. The third-order valence-corrected chi connectivity index (χ3v) is 4.39. The third-order valence-electron chi connectivity index (χ3n) is 4.30. The molecule has 0 heterocycles. The fourth-order valence-electron chi connectivity index (χ4n) is 2.52. The molecule has 2 aromatic carbocycles. The molecule has 0 amide bonds. The van der Waals surface area contributed by atoms with Gasteiger partial charge in [0.1, 0.15) is 5.69 Å². The molecule has 0 aliphatic heterocycles. The van der Waals surface area contributed by atoms with Crippen LogP contribution in [-0.2, 0) is 0 Å². The number of thiocarbonyl (C=S) groups is 1. The highest BCUT2D eigenvalue weighted by Crippen LogP contribution is 2.18. The molecule has 0 radical (unpaired) electrons. The number of hydrogen-bond donors (Lipinski definition) is 0. The van der Waals surface area contributed by atoms with E-state index in [1.54, 1.807) is 6.07 Å². The number of isothiocyanates is 1. The Bertz CT molecular complexity index is 1110. The Morgan fingerprint density at radius 3 is 2.23 bits per heavy atom. The van der Waals surface area contributed by atoms with Crippen molar-refractivity contribution in [1.29, 1.82) is 0 Å². The standard InChI is InChI=1S/C27H24FNS/c1-4-5-6-21(2)7-8-22(3)9-10-23-11-13-24(14-12-23)15-16-25-17-18-27(29-20-30)26(28)19-25/h7-8,11-14,17-19H,4-6H2,1-3H3/b21-7+,22-8+. The van der Waals surface area contributed by atoms with E-state index in [4.69, 9.17) is 0 Å². The summed E-state index contributed by atoms with van der Waals surface area (Å²) >= 11 is 4.50. The van der Waals surface area contributed by atoms with E-state index in [9.17, 15) is 4.39 Å². The van der Waals surface area contributed by atoms with Crippen LogP contribution in [0.25, 0.3) is 0 Å². The lowest BCUT2D eigenvalue weighted by Gasteiger charge is -1.96. The Kier molecular flexibility index (Phi) is 9.50. The first-order valence-electron chi connectivity index (χ1n) is 9.87. The van der Waals surface area contributed by atoms with Crippen molar-refractivity contribution < 1.29 is 4.39 Å². The van der Waals surface area contributed by atoms with Crippen molar-refractivity contribution in [2.45, 2.75) is 40.0 Å². The summed E-state index contributed by atoms with van der Waals surface area (Å²) in [6.07, 6.45) is 7.78. The van der Waals surface area contributed by atoms with Crippen molar-refractivity contribution in [3.8, 4) is 23.7 Å². The molecule has 0 aliphatic carbocycles. The van der Waals surface area contributed by atoms with E-state index in [0.29, 0.717) is 5.56 Å². The van der Waals surface area contributed by atoms with Crippen molar-refractivity contribution in [2.24, 2.45) is 4.99 Å². The smallest absolute Gasteiger partial charge is 0.150 e. The third kappa shape index (κ3) is 8.02. The molecule has 2 rings (SSSR count). The summed E-state index contributed by atoms with van der Waals surface area (Å²) in [6.45, 7) is 6.37. The lowest BCUT2D eigenvalue weighted by molar-refractivity contribution is 0.629. The summed E-state index contributed by atoms with van der Waals surface area (Å²) in [4.78, 5) is 3.66. The van der Waals surface area contributed by atoms with E-state index in [1.807, 2.05) is 31.2 Å². The predicted molar refractivity (Wildman–Crippen MR) is 127 cm³/mol. The molecule has 0 saturated carbocycles. The fourth-order valence-corrected chi connectivity index (χ4v) is 2.62. The highest BCUT2D eigenvalue weighted by molar-refractivity contribution is 7.78. The van der Waals surface area contributed by atoms with E-state index in [0.717, 1.165) is 23.1 Å². The molecule has 0 spiro atoms. The van der Waals surface area contributed by atoms with Gasteiger partial charge in [0, 0.05) is 16.7 Å². The molecule has 0 atom stereocenters. The van der Waals surface area contributed by atoms with Gasteiger partial charge in [0.15, 0.2) is 5.82 Å². The van der Waals surface area contributed by atoms with Gasteiger partial charge in [-0.3, -0.25) is 0 Å². The Morgan fingerprint density at radius 2 is 1.60 bits per heavy atom. The van der Waals surface area contributed by atoms with Gasteiger partial charge in [-0.25, -0.2) is 4.39 Å². The minimum absolute atomic E-state index is 0.162. The van der Waals surface area contributed by atoms with Crippen LogP contribution in [0.3, 0.4) is 0 Å². The van der Waals surface area contributed by atoms with Crippen LogP contribution >= 0.6 is 12.2 Å². The predicted octanol–water partition coefficient (Wildman–Crippen LogP) is 7.39. The highest BCUT2D eigenvalue weighted by Gasteiger charge is 2.00. The van der Waals surface area contributed by atoms with Gasteiger partial charge in [0.2, 0.25) is 0 Å². The molecular weight excluding hydrogens is 389 g/mol. The lowest BCUT2D eigenvalue weighted by Crippen LogP contribution is -1.81. The van der Waals surface area contributed by atoms with Gasteiger partial charge in [0.25, 0.3) is 0 Å². The van der Waals surface area contributed by atoms with Crippen molar-refractivity contribution in [3.05, 3.63) is 88.3 Å². The normalized spacial score (nSPS) is 10.9. The van der Waals surface area contributed by atoms with Gasteiger partial charge in [-0.05, 0) is 86.9 Å². The van der Waals surface area contributed by atoms with E-state index in [1.165, 1.54) is 30.5 Å². The molecular formula is C27H24FNS. The van der Waals surface area contributed by atoms with Crippen LogP contribution in [0.15, 0.2) is 70.8 Å². The van der Waals surface area contributed by atoms with Crippen LogP contribution in [0.2, 0.25) is 0 Å². The average Bonchev–Trinajstić information content (AvgIpc) is 2.75. The second-order valence-electron chi connectivity index (χ2n) is 6.91. The zero-order chi connectivity index (χ0) is 21.8. The van der Waals surface area contributed by atoms with Crippen LogP contribution in [-0.4, -0.2) is 5.16 Å². The molecule has 2 aromatic rings. The number of rotatable bonds is 5. The number of halogens is 1. The van der Waals surface area contributed by atoms with E-state index >= 15 is 0 Å². The summed E-state index contributed by atoms with van der Waals surface area (Å²) in [6, 6.07) is 12.3. The molecule has 0 aliphatic rings. The van der Waals surface area contributed by atoms with Gasteiger partial charge >= 0.3 is 0 Å². The van der Waals surface area contributed by atoms with E-state index in [2.05, 4.69) is 72.1 Å². The molecule has 0 fully saturated rings. The molecule has 0 aromatic heterocycles. The first-order chi connectivity index (χ1) is 14.5. The first kappa shape index (κ1) is 23.1. The highest BCUT2D eigenvalue weighted by atomic mass is 32.1. The monoisotopic (exact) mass is 413 g/mol. The van der Waals surface area contributed by atoms with Crippen LogP contribution in [0, 0.1) is 29.5 Å². The van der Waals surface area contributed by atoms with Crippen molar-refractivity contribution in [3.63, 3.8) is 0 Å². The molecule has 0 saturated heterocycles. The Balaban J connectivity index is 2.05. The summed E-state index contributed by atoms with van der Waals surface area (Å²) < 4.78 is 13.8. The largest absolute Gasteiger partial charge is 0.205 e. The van der Waals surface area contributed by atoms with Gasteiger partial charge in [-0.2, -0.15) is 4.99 Å². The number of hydrogen-bond acceptors (Lipinski definition) is 2. The Hall–Kier alpha value is -3.23. The number of allylic oxidation sites excluding steroid dienone is 4. The topological polar surface area (TPSA) is 12.4 Å². The zero-order valence-electron chi connectivity index (χ0n) is 17.6. The second-order valence-corrected chi connectivity index (χ2v) is 7.10.